The molecule has 0 amide bonds. The van der Waals surface area contributed by atoms with E-state index in [1.807, 2.05) is 26.0 Å². The molecular formula is C11H17NO. The van der Waals surface area contributed by atoms with Crippen LogP contribution in [0.4, 0.5) is 0 Å². The summed E-state index contributed by atoms with van der Waals surface area (Å²) in [5, 5.41) is 9.67. The minimum absolute atomic E-state index is 0.399. The maximum Gasteiger partial charge on any atom is 0.0959 e. The predicted octanol–water partition coefficient (Wildman–Crippen LogP) is 2.53. The van der Waals surface area contributed by atoms with Gasteiger partial charge in [0.25, 0.3) is 0 Å². The molecule has 1 unspecified atom stereocenters. The quantitative estimate of drug-likeness (QED) is 0.773. The molecule has 1 N–H and O–H groups in total. The van der Waals surface area contributed by atoms with E-state index in [0.29, 0.717) is 0 Å². The standard InChI is InChI=1S/C11H17NO/c1-4-5-11(13)10-7-6-8(2)9(3)12-10/h6-7,11,13H,4-5H2,1-3H3. The number of aryl methyl sites for hydroxylation is 2. The summed E-state index contributed by atoms with van der Waals surface area (Å²) in [6, 6.07) is 3.92. The Labute approximate surface area is 79.6 Å². The fraction of sp³-hybridized carbons (Fsp3) is 0.545. The topological polar surface area (TPSA) is 33.1 Å². The van der Waals surface area contributed by atoms with Gasteiger partial charge < -0.3 is 5.11 Å². The van der Waals surface area contributed by atoms with E-state index >= 15 is 0 Å². The van der Waals surface area contributed by atoms with Crippen LogP contribution in [0.15, 0.2) is 12.1 Å². The van der Waals surface area contributed by atoms with Crippen LogP contribution in [0.25, 0.3) is 0 Å². The van der Waals surface area contributed by atoms with Crippen LogP contribution >= 0.6 is 0 Å². The predicted molar refractivity (Wildman–Crippen MR) is 53.6 cm³/mol. The van der Waals surface area contributed by atoms with E-state index in [1.54, 1.807) is 0 Å². The summed E-state index contributed by atoms with van der Waals surface area (Å²) < 4.78 is 0. The summed E-state index contributed by atoms with van der Waals surface area (Å²) in [4.78, 5) is 4.34. The summed E-state index contributed by atoms with van der Waals surface area (Å²) in [6.45, 7) is 6.06. The van der Waals surface area contributed by atoms with Crippen LogP contribution in [0.2, 0.25) is 0 Å². The van der Waals surface area contributed by atoms with E-state index in [2.05, 4.69) is 11.9 Å². The molecule has 1 rings (SSSR count). The lowest BCUT2D eigenvalue weighted by molar-refractivity contribution is 0.161. The third-order valence-corrected chi connectivity index (χ3v) is 2.28. The molecule has 1 aromatic heterocycles. The van der Waals surface area contributed by atoms with Crippen LogP contribution in [-0.2, 0) is 0 Å². The van der Waals surface area contributed by atoms with Crippen molar-refractivity contribution < 1.29 is 5.11 Å². The summed E-state index contributed by atoms with van der Waals surface area (Å²) in [5.74, 6) is 0. The van der Waals surface area contributed by atoms with Gasteiger partial charge in [-0.05, 0) is 31.9 Å². The SMILES string of the molecule is CCCC(O)c1ccc(C)c(C)n1. The van der Waals surface area contributed by atoms with E-state index in [-0.39, 0.29) is 0 Å². The number of hydrogen-bond donors (Lipinski definition) is 1. The van der Waals surface area contributed by atoms with Crippen LogP contribution in [0.5, 0.6) is 0 Å². The highest BCUT2D eigenvalue weighted by atomic mass is 16.3. The van der Waals surface area contributed by atoms with Gasteiger partial charge >= 0.3 is 0 Å². The lowest BCUT2D eigenvalue weighted by atomic mass is 10.1. The molecule has 0 spiro atoms. The first kappa shape index (κ1) is 10.2. The maximum atomic E-state index is 9.67. The lowest BCUT2D eigenvalue weighted by Gasteiger charge is -2.10. The highest BCUT2D eigenvalue weighted by Gasteiger charge is 2.07. The average molecular weight is 179 g/mol. The van der Waals surface area contributed by atoms with Crippen LogP contribution in [0, 0.1) is 13.8 Å². The van der Waals surface area contributed by atoms with Crippen molar-refractivity contribution >= 4 is 0 Å². The van der Waals surface area contributed by atoms with E-state index < -0.39 is 6.10 Å². The molecule has 0 radical (unpaired) electrons. The first-order chi connectivity index (χ1) is 6.15. The molecule has 2 heteroatoms. The molecule has 0 aliphatic carbocycles. The third kappa shape index (κ3) is 2.52. The molecule has 2 nitrogen and oxygen atoms in total. The summed E-state index contributed by atoms with van der Waals surface area (Å²) in [6.07, 6.45) is 1.37. The van der Waals surface area contributed by atoms with Crippen LogP contribution < -0.4 is 0 Å². The van der Waals surface area contributed by atoms with Gasteiger partial charge in [0.1, 0.15) is 0 Å². The average Bonchev–Trinajstić information content (AvgIpc) is 2.10. The zero-order valence-corrected chi connectivity index (χ0v) is 8.54. The second-order valence-corrected chi connectivity index (χ2v) is 3.44. The Balaban J connectivity index is 2.84. The minimum Gasteiger partial charge on any atom is -0.387 e. The lowest BCUT2D eigenvalue weighted by Crippen LogP contribution is -2.01. The van der Waals surface area contributed by atoms with Crippen molar-refractivity contribution in [2.45, 2.75) is 39.7 Å². The second-order valence-electron chi connectivity index (χ2n) is 3.44. The van der Waals surface area contributed by atoms with Gasteiger partial charge in [-0.15, -0.1) is 0 Å². The Morgan fingerprint density at radius 1 is 1.38 bits per heavy atom. The smallest absolute Gasteiger partial charge is 0.0959 e. The molecular weight excluding hydrogens is 162 g/mol. The Hall–Kier alpha value is -0.890. The molecule has 0 fully saturated rings. The highest BCUT2D eigenvalue weighted by molar-refractivity contribution is 5.21. The van der Waals surface area contributed by atoms with Gasteiger partial charge in [0, 0.05) is 5.69 Å². The second kappa shape index (κ2) is 4.38. The molecule has 0 aliphatic rings. The number of nitrogens with zero attached hydrogens (tertiary/aromatic N) is 1. The number of aliphatic hydroxyl groups is 1. The fourth-order valence-corrected chi connectivity index (χ4v) is 1.26. The van der Waals surface area contributed by atoms with Crippen molar-refractivity contribution in [1.82, 2.24) is 4.98 Å². The summed E-state index contributed by atoms with van der Waals surface area (Å²) in [7, 11) is 0. The van der Waals surface area contributed by atoms with Gasteiger partial charge in [0.2, 0.25) is 0 Å². The van der Waals surface area contributed by atoms with E-state index in [0.717, 1.165) is 24.2 Å². The van der Waals surface area contributed by atoms with Crippen LogP contribution in [0.3, 0.4) is 0 Å². The van der Waals surface area contributed by atoms with Crippen molar-refractivity contribution in [1.29, 1.82) is 0 Å². The first-order valence-electron chi connectivity index (χ1n) is 4.77. The van der Waals surface area contributed by atoms with Gasteiger partial charge in [0.05, 0.1) is 11.8 Å². The monoisotopic (exact) mass is 179 g/mol. The molecule has 1 aromatic rings. The number of rotatable bonds is 3. The zero-order valence-electron chi connectivity index (χ0n) is 8.54. The molecule has 0 aliphatic heterocycles. The van der Waals surface area contributed by atoms with Crippen molar-refractivity contribution in [2.24, 2.45) is 0 Å². The molecule has 1 heterocycles. The Bertz CT molecular complexity index is 283. The number of hydrogen-bond acceptors (Lipinski definition) is 2. The van der Waals surface area contributed by atoms with Crippen LogP contribution in [0.1, 0.15) is 42.8 Å². The number of aromatic nitrogens is 1. The molecule has 72 valence electrons. The van der Waals surface area contributed by atoms with Crippen molar-refractivity contribution in [3.05, 3.63) is 29.1 Å². The molecule has 1 atom stereocenters. The van der Waals surface area contributed by atoms with Gasteiger partial charge in [-0.2, -0.15) is 0 Å². The molecule has 0 saturated carbocycles. The fourth-order valence-electron chi connectivity index (χ4n) is 1.26. The third-order valence-electron chi connectivity index (χ3n) is 2.28. The van der Waals surface area contributed by atoms with E-state index in [9.17, 15) is 5.11 Å². The van der Waals surface area contributed by atoms with Gasteiger partial charge in [-0.1, -0.05) is 19.4 Å². The highest BCUT2D eigenvalue weighted by Crippen LogP contribution is 2.17. The molecule has 13 heavy (non-hydrogen) atoms. The Morgan fingerprint density at radius 3 is 2.62 bits per heavy atom. The summed E-state index contributed by atoms with van der Waals surface area (Å²) in [5.41, 5.74) is 2.98. The Kier molecular flexibility index (Phi) is 3.43. The molecule has 0 saturated heterocycles. The number of aliphatic hydroxyl groups excluding tert-OH is 1. The van der Waals surface area contributed by atoms with Gasteiger partial charge in [-0.3, -0.25) is 4.98 Å². The van der Waals surface area contributed by atoms with Crippen molar-refractivity contribution in [3.8, 4) is 0 Å². The van der Waals surface area contributed by atoms with E-state index in [4.69, 9.17) is 0 Å². The van der Waals surface area contributed by atoms with Gasteiger partial charge in [-0.25, -0.2) is 0 Å². The van der Waals surface area contributed by atoms with Crippen molar-refractivity contribution in [2.75, 3.05) is 0 Å². The van der Waals surface area contributed by atoms with E-state index in [1.165, 1.54) is 5.56 Å². The summed E-state index contributed by atoms with van der Waals surface area (Å²) >= 11 is 0. The number of pyridine rings is 1. The van der Waals surface area contributed by atoms with Crippen molar-refractivity contribution in [3.63, 3.8) is 0 Å². The Morgan fingerprint density at radius 2 is 2.08 bits per heavy atom. The first-order valence-corrected chi connectivity index (χ1v) is 4.77. The normalized spacial score (nSPS) is 12.9. The van der Waals surface area contributed by atoms with Crippen LogP contribution in [-0.4, -0.2) is 10.1 Å². The minimum atomic E-state index is -0.399. The maximum absolute atomic E-state index is 9.67. The molecule has 0 aromatic carbocycles. The molecule has 0 bridgehead atoms. The zero-order chi connectivity index (χ0) is 9.84. The largest absolute Gasteiger partial charge is 0.387 e. The van der Waals surface area contributed by atoms with Gasteiger partial charge in [0.15, 0.2) is 0 Å².